The maximum Gasteiger partial charge on any atom is 0.270 e. The number of aromatic hydroxyl groups is 1. The fourth-order valence-electron chi connectivity index (χ4n) is 3.45. The molecule has 160 valence electrons. The molecule has 0 saturated carbocycles. The molecule has 1 aliphatic heterocycles. The molecule has 1 fully saturated rings. The summed E-state index contributed by atoms with van der Waals surface area (Å²) in [5.74, 6) is -0.801. The number of thiocarbonyl (C=S) groups is 1. The fraction of sp³-hybridized carbons (Fsp3) is 0.208. The topological polar surface area (TPSA) is 78.9 Å². The zero-order valence-corrected chi connectivity index (χ0v) is 18.5. The van der Waals surface area contributed by atoms with Crippen LogP contribution in [0.4, 0.5) is 5.69 Å². The highest BCUT2D eigenvalue weighted by atomic mass is 32.1. The van der Waals surface area contributed by atoms with Crippen LogP contribution in [-0.4, -0.2) is 28.6 Å². The first-order chi connectivity index (χ1) is 14.8. The van der Waals surface area contributed by atoms with Gasteiger partial charge in [-0.3, -0.25) is 19.8 Å². The third-order valence-electron chi connectivity index (χ3n) is 4.85. The third kappa shape index (κ3) is 4.51. The van der Waals surface area contributed by atoms with Gasteiger partial charge < -0.3 is 9.84 Å². The Kier molecular flexibility index (Phi) is 6.56. The Morgan fingerprint density at radius 3 is 2.61 bits per heavy atom. The molecule has 31 heavy (non-hydrogen) atoms. The first-order valence-electron chi connectivity index (χ1n) is 9.85. The second-order valence-electron chi connectivity index (χ2n) is 7.20. The summed E-state index contributed by atoms with van der Waals surface area (Å²) in [4.78, 5) is 27.2. The summed E-state index contributed by atoms with van der Waals surface area (Å²) in [6.45, 7) is 9.71. The zero-order valence-electron chi connectivity index (χ0n) is 17.7. The van der Waals surface area contributed by atoms with Crippen LogP contribution in [0.15, 0.2) is 48.6 Å². The minimum atomic E-state index is -0.577. The molecule has 0 bridgehead atoms. The number of benzene rings is 2. The van der Waals surface area contributed by atoms with Crippen molar-refractivity contribution in [3.8, 4) is 11.5 Å². The van der Waals surface area contributed by atoms with Gasteiger partial charge in [0.05, 0.1) is 12.3 Å². The van der Waals surface area contributed by atoms with Crippen molar-refractivity contribution in [1.82, 2.24) is 5.32 Å². The third-order valence-corrected chi connectivity index (χ3v) is 5.13. The first-order valence-corrected chi connectivity index (χ1v) is 10.3. The van der Waals surface area contributed by atoms with Gasteiger partial charge in [0.15, 0.2) is 16.6 Å². The van der Waals surface area contributed by atoms with E-state index in [9.17, 15) is 14.7 Å². The SMILES string of the molecule is C=CCc1cc(/C=C2\C(=O)NC(=S)N(c3ccc(C)cc3C)C2=O)cc(OCC)c1O. The molecule has 2 N–H and O–H groups in total. The molecule has 2 amide bonds. The molecule has 2 aromatic rings. The summed E-state index contributed by atoms with van der Waals surface area (Å²) in [7, 11) is 0. The molecule has 0 aliphatic carbocycles. The number of nitrogens with one attached hydrogen (secondary N) is 1. The van der Waals surface area contributed by atoms with Crippen LogP contribution in [0.5, 0.6) is 11.5 Å². The molecule has 0 radical (unpaired) electrons. The number of ether oxygens (including phenoxy) is 1. The lowest BCUT2D eigenvalue weighted by atomic mass is 10.0. The Bertz CT molecular complexity index is 1120. The van der Waals surface area contributed by atoms with E-state index in [4.69, 9.17) is 17.0 Å². The van der Waals surface area contributed by atoms with Crippen molar-refractivity contribution >= 4 is 40.9 Å². The smallest absolute Gasteiger partial charge is 0.270 e. The van der Waals surface area contributed by atoms with Crippen molar-refractivity contribution < 1.29 is 19.4 Å². The Morgan fingerprint density at radius 1 is 1.23 bits per heavy atom. The van der Waals surface area contributed by atoms with Gasteiger partial charge in [0.25, 0.3) is 11.8 Å². The molecule has 0 spiro atoms. The molecular formula is C24H24N2O4S. The normalized spacial score (nSPS) is 15.3. The standard InChI is InChI=1S/C24H24N2O4S/c1-5-7-17-11-16(13-20(21(17)27)30-6-2)12-18-22(28)25-24(31)26(23(18)29)19-9-8-14(3)10-15(19)4/h5,8-13,27H,1,6-7H2,2-4H3,(H,25,28,31)/b18-12+. The molecule has 0 aromatic heterocycles. The first kappa shape index (κ1) is 22.2. The van der Waals surface area contributed by atoms with Crippen molar-refractivity contribution in [3.05, 3.63) is 70.8 Å². The van der Waals surface area contributed by atoms with E-state index in [1.54, 1.807) is 31.2 Å². The number of amides is 2. The van der Waals surface area contributed by atoms with Crippen LogP contribution < -0.4 is 15.0 Å². The van der Waals surface area contributed by atoms with Gasteiger partial charge in [0.1, 0.15) is 5.57 Å². The highest BCUT2D eigenvalue weighted by molar-refractivity contribution is 7.80. The number of phenols is 1. The average molecular weight is 437 g/mol. The van der Waals surface area contributed by atoms with Crippen molar-refractivity contribution in [2.75, 3.05) is 11.5 Å². The van der Waals surface area contributed by atoms with Gasteiger partial charge >= 0.3 is 0 Å². The van der Waals surface area contributed by atoms with Crippen LogP contribution in [0, 0.1) is 13.8 Å². The van der Waals surface area contributed by atoms with Crippen molar-refractivity contribution in [3.63, 3.8) is 0 Å². The summed E-state index contributed by atoms with van der Waals surface area (Å²) in [6.07, 6.45) is 3.53. The highest BCUT2D eigenvalue weighted by Gasteiger charge is 2.35. The molecule has 0 unspecified atom stereocenters. The summed E-state index contributed by atoms with van der Waals surface area (Å²) in [5, 5.41) is 13.0. The number of hydrogen-bond donors (Lipinski definition) is 2. The lowest BCUT2D eigenvalue weighted by Gasteiger charge is -2.30. The van der Waals surface area contributed by atoms with Gasteiger partial charge in [0, 0.05) is 5.56 Å². The molecule has 1 aliphatic rings. The van der Waals surface area contributed by atoms with Gasteiger partial charge in [-0.25, -0.2) is 0 Å². The van der Waals surface area contributed by atoms with E-state index in [-0.39, 0.29) is 22.2 Å². The number of hydrogen-bond acceptors (Lipinski definition) is 5. The summed E-state index contributed by atoms with van der Waals surface area (Å²) < 4.78 is 5.51. The predicted molar refractivity (Wildman–Crippen MR) is 125 cm³/mol. The molecule has 1 saturated heterocycles. The number of carbonyl (C=O) groups excluding carboxylic acids is 2. The largest absolute Gasteiger partial charge is 0.504 e. The number of aryl methyl sites for hydroxylation is 2. The highest BCUT2D eigenvalue weighted by Crippen LogP contribution is 2.34. The van der Waals surface area contributed by atoms with E-state index < -0.39 is 11.8 Å². The molecule has 7 heteroatoms. The number of rotatable bonds is 6. The predicted octanol–water partition coefficient (Wildman–Crippen LogP) is 3.97. The Balaban J connectivity index is 2.08. The average Bonchev–Trinajstić information content (AvgIpc) is 2.70. The maximum atomic E-state index is 13.3. The Labute approximate surface area is 186 Å². The van der Waals surface area contributed by atoms with Gasteiger partial charge in [-0.1, -0.05) is 23.8 Å². The summed E-state index contributed by atoms with van der Waals surface area (Å²) in [5.41, 5.74) is 3.59. The zero-order chi connectivity index (χ0) is 22.7. The second kappa shape index (κ2) is 9.14. The van der Waals surface area contributed by atoms with Crippen molar-refractivity contribution in [1.29, 1.82) is 0 Å². The molecule has 6 nitrogen and oxygen atoms in total. The lowest BCUT2D eigenvalue weighted by Crippen LogP contribution is -2.54. The van der Waals surface area contributed by atoms with Gasteiger partial charge in [-0.05, 0) is 74.8 Å². The minimum absolute atomic E-state index is 0.0152. The van der Waals surface area contributed by atoms with E-state index in [1.807, 2.05) is 26.0 Å². The monoisotopic (exact) mass is 436 g/mol. The van der Waals surface area contributed by atoms with E-state index >= 15 is 0 Å². The van der Waals surface area contributed by atoms with E-state index in [1.165, 1.54) is 11.0 Å². The summed E-state index contributed by atoms with van der Waals surface area (Å²) >= 11 is 5.28. The lowest BCUT2D eigenvalue weighted by molar-refractivity contribution is -0.122. The second-order valence-corrected chi connectivity index (χ2v) is 7.59. The summed E-state index contributed by atoms with van der Waals surface area (Å²) in [6, 6.07) is 8.92. The van der Waals surface area contributed by atoms with E-state index in [0.717, 1.165) is 11.1 Å². The minimum Gasteiger partial charge on any atom is -0.504 e. The number of carbonyl (C=O) groups is 2. The fourth-order valence-corrected chi connectivity index (χ4v) is 3.72. The quantitative estimate of drug-likeness (QED) is 0.310. The molecule has 1 heterocycles. The number of nitrogens with zero attached hydrogens (tertiary/aromatic N) is 1. The van der Waals surface area contributed by atoms with Crippen LogP contribution in [0.25, 0.3) is 6.08 Å². The van der Waals surface area contributed by atoms with Gasteiger partial charge in [-0.2, -0.15) is 0 Å². The number of phenolic OH excluding ortho intramolecular Hbond substituents is 1. The van der Waals surface area contributed by atoms with Crippen LogP contribution >= 0.6 is 12.2 Å². The van der Waals surface area contributed by atoms with Crippen LogP contribution in [0.1, 0.15) is 29.2 Å². The van der Waals surface area contributed by atoms with Crippen LogP contribution in [-0.2, 0) is 16.0 Å². The number of allylic oxidation sites excluding steroid dienone is 1. The Hall–Kier alpha value is -3.45. The van der Waals surface area contributed by atoms with Crippen molar-refractivity contribution in [2.45, 2.75) is 27.2 Å². The van der Waals surface area contributed by atoms with E-state index in [0.29, 0.717) is 29.8 Å². The van der Waals surface area contributed by atoms with Crippen LogP contribution in [0.3, 0.4) is 0 Å². The van der Waals surface area contributed by atoms with Gasteiger partial charge in [-0.15, -0.1) is 6.58 Å². The van der Waals surface area contributed by atoms with Gasteiger partial charge in [0.2, 0.25) is 0 Å². The van der Waals surface area contributed by atoms with Crippen LogP contribution in [0.2, 0.25) is 0 Å². The molecule has 0 atom stereocenters. The maximum absolute atomic E-state index is 13.3. The Morgan fingerprint density at radius 2 is 1.97 bits per heavy atom. The molecule has 3 rings (SSSR count). The van der Waals surface area contributed by atoms with Crippen molar-refractivity contribution in [2.24, 2.45) is 0 Å². The molecular weight excluding hydrogens is 412 g/mol. The number of anilines is 1. The van der Waals surface area contributed by atoms with E-state index in [2.05, 4.69) is 11.9 Å². The molecule has 2 aromatic carbocycles.